The van der Waals surface area contributed by atoms with Crippen LogP contribution >= 0.6 is 0 Å². The Hall–Kier alpha value is -2.73. The molecule has 6 nitrogen and oxygen atoms in total. The van der Waals surface area contributed by atoms with E-state index in [2.05, 4.69) is 28.2 Å². The molecule has 0 saturated carbocycles. The molecule has 0 unspecified atom stereocenters. The normalized spacial score (nSPS) is 20.1. The standard InChI is InChI=1S/C21H23N5O/c27-21(25-11-3-4-12-25)20-15-24(14-18-9-10-22-26(18)20)13-17-8-7-16-5-1-2-6-19(16)23-17/h1-2,5-10,20H,3-4,11-15H2/t20-/m1/s1. The minimum absolute atomic E-state index is 0.202. The Morgan fingerprint density at radius 2 is 1.93 bits per heavy atom. The van der Waals surface area contributed by atoms with Crippen LogP contribution in [0.1, 0.15) is 30.3 Å². The average Bonchev–Trinajstić information content (AvgIpc) is 3.38. The van der Waals surface area contributed by atoms with E-state index in [1.54, 1.807) is 6.20 Å². The molecule has 0 spiro atoms. The van der Waals surface area contributed by atoms with Crippen molar-refractivity contribution in [3.63, 3.8) is 0 Å². The van der Waals surface area contributed by atoms with Crippen LogP contribution in [0.3, 0.4) is 0 Å². The molecule has 1 saturated heterocycles. The highest BCUT2D eigenvalue weighted by molar-refractivity contribution is 5.81. The SMILES string of the molecule is O=C([C@H]1CN(Cc2ccc3ccccc3n2)Cc2ccnn21)N1CCCC1. The van der Waals surface area contributed by atoms with Crippen molar-refractivity contribution in [2.45, 2.75) is 32.0 Å². The Balaban J connectivity index is 1.39. The van der Waals surface area contributed by atoms with Crippen LogP contribution < -0.4 is 0 Å². The maximum Gasteiger partial charge on any atom is 0.248 e. The molecule has 4 heterocycles. The maximum absolute atomic E-state index is 13.1. The number of hydrogen-bond acceptors (Lipinski definition) is 4. The van der Waals surface area contributed by atoms with E-state index in [4.69, 9.17) is 4.98 Å². The van der Waals surface area contributed by atoms with Crippen molar-refractivity contribution in [1.82, 2.24) is 24.6 Å². The molecule has 1 amide bonds. The molecule has 2 aliphatic heterocycles. The summed E-state index contributed by atoms with van der Waals surface area (Å²) in [6.45, 7) is 3.95. The van der Waals surface area contributed by atoms with Gasteiger partial charge in [0.1, 0.15) is 6.04 Å². The highest BCUT2D eigenvalue weighted by Gasteiger charge is 2.34. The van der Waals surface area contributed by atoms with Crippen molar-refractivity contribution in [3.05, 3.63) is 60.0 Å². The number of carbonyl (C=O) groups excluding carboxylic acids is 1. The van der Waals surface area contributed by atoms with Gasteiger partial charge in [0.05, 0.1) is 16.9 Å². The number of fused-ring (bicyclic) bond motifs is 2. The average molecular weight is 361 g/mol. The van der Waals surface area contributed by atoms with Crippen molar-refractivity contribution < 1.29 is 4.79 Å². The first-order valence-electron chi connectivity index (χ1n) is 9.66. The van der Waals surface area contributed by atoms with Gasteiger partial charge in [-0.15, -0.1) is 0 Å². The van der Waals surface area contributed by atoms with E-state index in [1.807, 2.05) is 33.8 Å². The summed E-state index contributed by atoms with van der Waals surface area (Å²) in [5, 5.41) is 5.59. The van der Waals surface area contributed by atoms with Gasteiger partial charge in [-0.2, -0.15) is 5.10 Å². The van der Waals surface area contributed by atoms with Gasteiger partial charge >= 0.3 is 0 Å². The summed E-state index contributed by atoms with van der Waals surface area (Å²) in [7, 11) is 0. The molecule has 6 heteroatoms. The van der Waals surface area contributed by atoms with Gasteiger partial charge in [0.25, 0.3) is 0 Å². The first-order valence-corrected chi connectivity index (χ1v) is 9.66. The highest BCUT2D eigenvalue weighted by Crippen LogP contribution is 2.25. The maximum atomic E-state index is 13.1. The fourth-order valence-electron chi connectivity index (χ4n) is 4.24. The number of carbonyl (C=O) groups is 1. The second-order valence-electron chi connectivity index (χ2n) is 7.48. The van der Waals surface area contributed by atoms with E-state index in [0.29, 0.717) is 6.54 Å². The zero-order chi connectivity index (χ0) is 18.2. The number of rotatable bonds is 3. The van der Waals surface area contributed by atoms with Crippen LogP contribution in [0, 0.1) is 0 Å². The van der Waals surface area contributed by atoms with Crippen molar-refractivity contribution >= 4 is 16.8 Å². The summed E-state index contributed by atoms with van der Waals surface area (Å²) >= 11 is 0. The first kappa shape index (κ1) is 16.4. The van der Waals surface area contributed by atoms with Crippen molar-refractivity contribution in [3.8, 4) is 0 Å². The summed E-state index contributed by atoms with van der Waals surface area (Å²) in [6.07, 6.45) is 4.02. The molecule has 0 aliphatic carbocycles. The zero-order valence-electron chi connectivity index (χ0n) is 15.3. The van der Waals surface area contributed by atoms with Gasteiger partial charge in [-0.05, 0) is 31.0 Å². The third kappa shape index (κ3) is 3.10. The van der Waals surface area contributed by atoms with Gasteiger partial charge in [-0.1, -0.05) is 24.3 Å². The molecular formula is C21H23N5O. The van der Waals surface area contributed by atoms with E-state index in [1.165, 1.54) is 0 Å². The predicted octanol–water partition coefficient (Wildman–Crippen LogP) is 2.61. The van der Waals surface area contributed by atoms with Gasteiger partial charge in [-0.25, -0.2) is 0 Å². The molecule has 3 aromatic rings. The van der Waals surface area contributed by atoms with Gasteiger partial charge in [0.15, 0.2) is 0 Å². The molecule has 138 valence electrons. The van der Waals surface area contributed by atoms with E-state index < -0.39 is 0 Å². The number of likely N-dealkylation sites (tertiary alicyclic amines) is 1. The van der Waals surface area contributed by atoms with Crippen molar-refractivity contribution in [2.24, 2.45) is 0 Å². The Bertz CT molecular complexity index is 975. The molecule has 1 aromatic carbocycles. The smallest absolute Gasteiger partial charge is 0.248 e. The molecule has 0 N–H and O–H groups in total. The minimum atomic E-state index is -0.234. The molecule has 2 aliphatic rings. The van der Waals surface area contributed by atoms with Gasteiger partial charge in [-0.3, -0.25) is 19.4 Å². The lowest BCUT2D eigenvalue weighted by Gasteiger charge is -2.34. The number of aromatic nitrogens is 3. The number of pyridine rings is 1. The fraction of sp³-hybridized carbons (Fsp3) is 0.381. The van der Waals surface area contributed by atoms with Crippen LogP contribution in [0.15, 0.2) is 48.7 Å². The largest absolute Gasteiger partial charge is 0.341 e. The number of para-hydroxylation sites is 1. The molecule has 0 bridgehead atoms. The van der Waals surface area contributed by atoms with Gasteiger partial charge in [0.2, 0.25) is 5.91 Å². The Morgan fingerprint density at radius 3 is 2.81 bits per heavy atom. The van der Waals surface area contributed by atoms with Crippen LogP contribution in [0.4, 0.5) is 0 Å². The van der Waals surface area contributed by atoms with Crippen LogP contribution in [0.5, 0.6) is 0 Å². The lowest BCUT2D eigenvalue weighted by molar-refractivity contribution is -0.135. The number of benzene rings is 1. The summed E-state index contributed by atoms with van der Waals surface area (Å²) < 4.78 is 1.92. The Labute approximate surface area is 158 Å². The van der Waals surface area contributed by atoms with Crippen LogP contribution in [-0.4, -0.2) is 50.1 Å². The summed E-state index contributed by atoms with van der Waals surface area (Å²) in [5.41, 5.74) is 3.15. The Morgan fingerprint density at radius 1 is 1.07 bits per heavy atom. The molecule has 2 aromatic heterocycles. The van der Waals surface area contributed by atoms with Gasteiger partial charge in [0, 0.05) is 44.3 Å². The van der Waals surface area contributed by atoms with E-state index in [0.717, 1.165) is 61.3 Å². The van der Waals surface area contributed by atoms with Crippen molar-refractivity contribution in [1.29, 1.82) is 0 Å². The third-order valence-electron chi connectivity index (χ3n) is 5.61. The van der Waals surface area contributed by atoms with Crippen LogP contribution in [0.25, 0.3) is 10.9 Å². The second-order valence-corrected chi connectivity index (χ2v) is 7.48. The minimum Gasteiger partial charge on any atom is -0.341 e. The summed E-state index contributed by atoms with van der Waals surface area (Å²) in [4.78, 5) is 22.2. The number of nitrogens with zero attached hydrogens (tertiary/aromatic N) is 5. The van der Waals surface area contributed by atoms with Crippen LogP contribution in [0.2, 0.25) is 0 Å². The molecule has 0 radical (unpaired) electrons. The van der Waals surface area contributed by atoms with Crippen LogP contribution in [-0.2, 0) is 17.9 Å². The summed E-state index contributed by atoms with van der Waals surface area (Å²) in [6, 6.07) is 14.2. The zero-order valence-corrected chi connectivity index (χ0v) is 15.3. The van der Waals surface area contributed by atoms with Gasteiger partial charge < -0.3 is 4.90 Å². The third-order valence-corrected chi connectivity index (χ3v) is 5.61. The molecular weight excluding hydrogens is 338 g/mol. The monoisotopic (exact) mass is 361 g/mol. The Kier molecular flexibility index (Phi) is 4.13. The molecule has 5 rings (SSSR count). The molecule has 1 atom stereocenters. The summed E-state index contributed by atoms with van der Waals surface area (Å²) in [5.74, 6) is 0.202. The highest BCUT2D eigenvalue weighted by atomic mass is 16.2. The molecule has 1 fully saturated rings. The fourth-order valence-corrected chi connectivity index (χ4v) is 4.24. The lowest BCUT2D eigenvalue weighted by atomic mass is 10.1. The first-order chi connectivity index (χ1) is 13.3. The predicted molar refractivity (Wildman–Crippen MR) is 103 cm³/mol. The lowest BCUT2D eigenvalue weighted by Crippen LogP contribution is -2.45. The second kappa shape index (κ2) is 6.78. The van der Waals surface area contributed by atoms with E-state index in [9.17, 15) is 4.79 Å². The number of amides is 1. The van der Waals surface area contributed by atoms with E-state index in [-0.39, 0.29) is 11.9 Å². The topological polar surface area (TPSA) is 54.3 Å². The van der Waals surface area contributed by atoms with E-state index >= 15 is 0 Å². The molecule has 27 heavy (non-hydrogen) atoms. The quantitative estimate of drug-likeness (QED) is 0.720. The van der Waals surface area contributed by atoms with Crippen molar-refractivity contribution in [2.75, 3.05) is 19.6 Å². The number of hydrogen-bond donors (Lipinski definition) is 0.